The maximum Gasteiger partial charge on any atom is 0.216 e. The number of hydrogen-bond donors (Lipinski definition) is 1. The number of nitrogens with two attached hydrogens (primary N) is 1. The highest BCUT2D eigenvalue weighted by Crippen LogP contribution is 2.25. The van der Waals surface area contributed by atoms with Crippen molar-refractivity contribution in [2.75, 3.05) is 0 Å². The molecular formula is C11H15BrN2O. The molecule has 2 rings (SSSR count). The Balaban J connectivity index is 2.04. The largest absolute Gasteiger partial charge is 0.474 e. The van der Waals surface area contributed by atoms with Crippen molar-refractivity contribution in [3.8, 4) is 5.88 Å². The lowest BCUT2D eigenvalue weighted by atomic mass is 10.2. The summed E-state index contributed by atoms with van der Waals surface area (Å²) in [6, 6.07) is 2.31. The molecular weight excluding hydrogens is 256 g/mol. The van der Waals surface area contributed by atoms with E-state index in [9.17, 15) is 0 Å². The predicted molar refractivity (Wildman–Crippen MR) is 62.9 cm³/mol. The Hall–Kier alpha value is -0.610. The molecule has 4 heteroatoms. The second-order valence-electron chi connectivity index (χ2n) is 4.09. The van der Waals surface area contributed by atoms with Crippen molar-refractivity contribution in [3.63, 3.8) is 0 Å². The van der Waals surface area contributed by atoms with Crippen LogP contribution < -0.4 is 10.5 Å². The van der Waals surface area contributed by atoms with Gasteiger partial charge in [-0.2, -0.15) is 0 Å². The molecule has 1 aromatic rings. The van der Waals surface area contributed by atoms with Crippen LogP contribution in [0.3, 0.4) is 0 Å². The molecule has 1 aromatic heterocycles. The maximum atomic E-state index is 5.83. The van der Waals surface area contributed by atoms with Crippen molar-refractivity contribution < 1.29 is 4.74 Å². The minimum absolute atomic E-state index is 0.243. The molecule has 0 amide bonds. The van der Waals surface area contributed by atoms with Crippen molar-refractivity contribution in [3.05, 3.63) is 22.3 Å². The third kappa shape index (κ3) is 2.69. The number of aryl methyl sites for hydroxylation is 1. The van der Waals surface area contributed by atoms with Gasteiger partial charge in [-0.05, 0) is 48.2 Å². The lowest BCUT2D eigenvalue weighted by Gasteiger charge is -2.14. The molecule has 2 unspecified atom stereocenters. The molecule has 15 heavy (non-hydrogen) atoms. The summed E-state index contributed by atoms with van der Waals surface area (Å²) in [4.78, 5) is 4.26. The molecule has 0 radical (unpaired) electrons. The Labute approximate surface area is 98.2 Å². The highest BCUT2D eigenvalue weighted by Gasteiger charge is 2.23. The first-order valence-electron chi connectivity index (χ1n) is 5.19. The first-order chi connectivity index (χ1) is 7.15. The fraction of sp³-hybridized carbons (Fsp3) is 0.545. The third-order valence-electron chi connectivity index (χ3n) is 2.70. The van der Waals surface area contributed by atoms with E-state index in [0.29, 0.717) is 6.04 Å². The Kier molecular flexibility index (Phi) is 3.26. The number of pyridine rings is 1. The third-order valence-corrected chi connectivity index (χ3v) is 3.13. The van der Waals surface area contributed by atoms with E-state index in [1.807, 2.05) is 13.0 Å². The molecule has 1 fully saturated rings. The van der Waals surface area contributed by atoms with E-state index < -0.39 is 0 Å². The van der Waals surface area contributed by atoms with Crippen molar-refractivity contribution in [1.82, 2.24) is 4.98 Å². The first kappa shape index (κ1) is 10.9. The number of nitrogens with zero attached hydrogens (tertiary/aromatic N) is 1. The highest BCUT2D eigenvalue weighted by molar-refractivity contribution is 9.10. The zero-order valence-corrected chi connectivity index (χ0v) is 10.3. The van der Waals surface area contributed by atoms with Gasteiger partial charge in [0.25, 0.3) is 0 Å². The van der Waals surface area contributed by atoms with Crippen molar-refractivity contribution >= 4 is 15.9 Å². The molecule has 1 aliphatic carbocycles. The summed E-state index contributed by atoms with van der Waals surface area (Å²) in [5.41, 5.74) is 6.89. The van der Waals surface area contributed by atoms with Crippen molar-refractivity contribution in [2.45, 2.75) is 38.3 Å². The normalized spacial score (nSPS) is 25.5. The van der Waals surface area contributed by atoms with Crippen LogP contribution in [0, 0.1) is 6.92 Å². The van der Waals surface area contributed by atoms with Gasteiger partial charge in [0.1, 0.15) is 6.10 Å². The SMILES string of the molecule is Cc1cc(Br)cnc1OC1CCC(N)C1. The second kappa shape index (κ2) is 4.49. The molecule has 82 valence electrons. The fourth-order valence-electron chi connectivity index (χ4n) is 1.89. The number of ether oxygens (including phenoxy) is 1. The summed E-state index contributed by atoms with van der Waals surface area (Å²) in [6.45, 7) is 2.00. The summed E-state index contributed by atoms with van der Waals surface area (Å²) in [7, 11) is 0. The van der Waals surface area contributed by atoms with Gasteiger partial charge < -0.3 is 10.5 Å². The summed E-state index contributed by atoms with van der Waals surface area (Å²) in [6.07, 6.45) is 5.04. The van der Waals surface area contributed by atoms with Gasteiger partial charge in [0.05, 0.1) is 0 Å². The van der Waals surface area contributed by atoms with Gasteiger partial charge in [0.2, 0.25) is 5.88 Å². The number of halogens is 1. The molecule has 0 saturated heterocycles. The van der Waals surface area contributed by atoms with Gasteiger partial charge in [-0.25, -0.2) is 4.98 Å². The average molecular weight is 271 g/mol. The van der Waals surface area contributed by atoms with E-state index >= 15 is 0 Å². The Bertz CT molecular complexity index is 356. The van der Waals surface area contributed by atoms with Crippen molar-refractivity contribution in [2.24, 2.45) is 5.73 Å². The van der Waals surface area contributed by atoms with E-state index in [0.717, 1.165) is 35.2 Å². The van der Waals surface area contributed by atoms with Gasteiger partial charge in [0.15, 0.2) is 0 Å². The smallest absolute Gasteiger partial charge is 0.216 e. The van der Waals surface area contributed by atoms with Crippen LogP contribution in [0.15, 0.2) is 16.7 Å². The summed E-state index contributed by atoms with van der Waals surface area (Å²) >= 11 is 3.38. The van der Waals surface area contributed by atoms with Gasteiger partial charge in [-0.15, -0.1) is 0 Å². The van der Waals surface area contributed by atoms with Gasteiger partial charge in [-0.1, -0.05) is 0 Å². The van der Waals surface area contributed by atoms with Crippen LogP contribution in [0.4, 0.5) is 0 Å². The highest BCUT2D eigenvalue weighted by atomic mass is 79.9. The number of rotatable bonds is 2. The molecule has 2 atom stereocenters. The zero-order chi connectivity index (χ0) is 10.8. The van der Waals surface area contributed by atoms with Gasteiger partial charge in [-0.3, -0.25) is 0 Å². The molecule has 1 aliphatic rings. The monoisotopic (exact) mass is 270 g/mol. The summed E-state index contributed by atoms with van der Waals surface area (Å²) < 4.78 is 6.80. The molecule has 3 nitrogen and oxygen atoms in total. The van der Waals surface area contributed by atoms with Crippen LogP contribution >= 0.6 is 15.9 Å². The van der Waals surface area contributed by atoms with Crippen LogP contribution in [0.5, 0.6) is 5.88 Å². The predicted octanol–water partition coefficient (Wildman–Crippen LogP) is 2.41. The Morgan fingerprint density at radius 2 is 2.33 bits per heavy atom. The number of hydrogen-bond acceptors (Lipinski definition) is 3. The molecule has 1 heterocycles. The van der Waals surface area contributed by atoms with Crippen LogP contribution in [-0.4, -0.2) is 17.1 Å². The summed E-state index contributed by atoms with van der Waals surface area (Å²) in [5, 5.41) is 0. The molecule has 0 bridgehead atoms. The lowest BCUT2D eigenvalue weighted by Crippen LogP contribution is -2.19. The quantitative estimate of drug-likeness (QED) is 0.898. The molecule has 1 saturated carbocycles. The summed E-state index contributed by atoms with van der Waals surface area (Å²) in [5.74, 6) is 0.734. The van der Waals surface area contributed by atoms with Crippen molar-refractivity contribution in [1.29, 1.82) is 0 Å². The van der Waals surface area contributed by atoms with Crippen LogP contribution in [0.2, 0.25) is 0 Å². The Morgan fingerprint density at radius 3 is 2.93 bits per heavy atom. The lowest BCUT2D eigenvalue weighted by molar-refractivity contribution is 0.198. The average Bonchev–Trinajstić information content (AvgIpc) is 2.56. The van der Waals surface area contributed by atoms with E-state index in [4.69, 9.17) is 10.5 Å². The molecule has 0 aliphatic heterocycles. The van der Waals surface area contributed by atoms with E-state index in [-0.39, 0.29) is 6.10 Å². The molecule has 0 spiro atoms. The van der Waals surface area contributed by atoms with E-state index in [1.54, 1.807) is 6.20 Å². The maximum absolute atomic E-state index is 5.83. The van der Waals surface area contributed by atoms with Crippen LogP contribution in [-0.2, 0) is 0 Å². The minimum atomic E-state index is 0.243. The van der Waals surface area contributed by atoms with E-state index in [1.165, 1.54) is 0 Å². The Morgan fingerprint density at radius 1 is 1.53 bits per heavy atom. The van der Waals surface area contributed by atoms with Crippen LogP contribution in [0.25, 0.3) is 0 Å². The fourth-order valence-corrected chi connectivity index (χ4v) is 2.34. The second-order valence-corrected chi connectivity index (χ2v) is 5.00. The van der Waals surface area contributed by atoms with Crippen LogP contribution in [0.1, 0.15) is 24.8 Å². The van der Waals surface area contributed by atoms with Gasteiger partial charge in [0, 0.05) is 22.3 Å². The van der Waals surface area contributed by atoms with Gasteiger partial charge >= 0.3 is 0 Å². The zero-order valence-electron chi connectivity index (χ0n) is 8.74. The topological polar surface area (TPSA) is 48.1 Å². The number of aromatic nitrogens is 1. The molecule has 0 aromatic carbocycles. The first-order valence-corrected chi connectivity index (χ1v) is 5.99. The molecule has 2 N–H and O–H groups in total. The van der Waals surface area contributed by atoms with E-state index in [2.05, 4.69) is 20.9 Å². The standard InChI is InChI=1S/C11H15BrN2O/c1-7-4-8(12)6-14-11(7)15-10-3-2-9(13)5-10/h4,6,9-10H,2-3,5,13H2,1H3. The minimum Gasteiger partial charge on any atom is -0.474 e.